The number of amides is 3. The molecule has 170 valence electrons. The van der Waals surface area contributed by atoms with Gasteiger partial charge in [0.1, 0.15) is 5.69 Å². The van der Waals surface area contributed by atoms with Crippen LogP contribution in [0.3, 0.4) is 0 Å². The Labute approximate surface area is 190 Å². The molecule has 0 aliphatic carbocycles. The smallest absolute Gasteiger partial charge is 0.289 e. The summed E-state index contributed by atoms with van der Waals surface area (Å²) in [5, 5.41) is 2.45. The van der Waals surface area contributed by atoms with Crippen molar-refractivity contribution in [3.05, 3.63) is 47.0 Å². The van der Waals surface area contributed by atoms with Gasteiger partial charge in [-0.3, -0.25) is 25.2 Å². The highest BCUT2D eigenvalue weighted by molar-refractivity contribution is 7.13. The molecule has 0 atom stereocenters. The van der Waals surface area contributed by atoms with Crippen LogP contribution in [0.5, 0.6) is 0 Å². The quantitative estimate of drug-likeness (QED) is 0.672. The minimum atomic E-state index is -0.818. The van der Waals surface area contributed by atoms with Crippen molar-refractivity contribution in [2.75, 3.05) is 44.3 Å². The highest BCUT2D eigenvalue weighted by Crippen LogP contribution is 2.36. The average molecular weight is 458 g/mol. The number of benzene rings is 1. The van der Waals surface area contributed by atoms with Crippen LogP contribution in [0.1, 0.15) is 35.8 Å². The molecule has 3 amide bonds. The Morgan fingerprint density at radius 1 is 1.03 bits per heavy atom. The number of hydrazine groups is 1. The maximum absolute atomic E-state index is 13.3. The molecular weight excluding hydrogens is 430 g/mol. The van der Waals surface area contributed by atoms with Crippen LogP contribution in [0.15, 0.2) is 35.7 Å². The van der Waals surface area contributed by atoms with Gasteiger partial charge in [0.15, 0.2) is 5.13 Å². The zero-order valence-corrected chi connectivity index (χ0v) is 18.8. The summed E-state index contributed by atoms with van der Waals surface area (Å²) in [4.78, 5) is 45.9. The number of rotatable bonds is 4. The van der Waals surface area contributed by atoms with Crippen LogP contribution in [0, 0.1) is 0 Å². The summed E-state index contributed by atoms with van der Waals surface area (Å²) in [6.07, 6.45) is 0.965. The van der Waals surface area contributed by atoms with Crippen LogP contribution >= 0.6 is 11.3 Å². The third kappa shape index (κ3) is 4.61. The Bertz CT molecular complexity index is 966. The summed E-state index contributed by atoms with van der Waals surface area (Å²) in [6.45, 7) is 5.26. The first-order valence-corrected chi connectivity index (χ1v) is 11.6. The number of morpholine rings is 1. The zero-order chi connectivity index (χ0) is 22.6. The van der Waals surface area contributed by atoms with Crippen molar-refractivity contribution in [2.45, 2.75) is 25.2 Å². The standard InChI is InChI=1S/C22H27N5O4S/c1-16(28)26-9-7-22(8-10-26,17-5-3-2-4-6-17)20(30)25-24-19(29)18-15-32-21(23-18)27-11-13-31-14-12-27/h2-6,15H,7-14H2,1H3,(H,24,29)(H,25,30). The van der Waals surface area contributed by atoms with Crippen LogP contribution in [0.2, 0.25) is 0 Å². The van der Waals surface area contributed by atoms with E-state index in [0.29, 0.717) is 39.1 Å². The van der Waals surface area contributed by atoms with Gasteiger partial charge in [0.2, 0.25) is 11.8 Å². The number of anilines is 1. The number of carbonyl (C=O) groups excluding carboxylic acids is 3. The van der Waals surface area contributed by atoms with E-state index in [1.165, 1.54) is 18.3 Å². The molecule has 2 aromatic rings. The molecule has 4 rings (SSSR count). The first kappa shape index (κ1) is 22.2. The summed E-state index contributed by atoms with van der Waals surface area (Å²) in [6, 6.07) is 9.51. The number of ether oxygens (including phenoxy) is 1. The van der Waals surface area contributed by atoms with E-state index in [2.05, 4.69) is 20.7 Å². The van der Waals surface area contributed by atoms with Crippen LogP contribution in [-0.2, 0) is 19.7 Å². The second-order valence-electron chi connectivity index (χ2n) is 7.98. The molecule has 32 heavy (non-hydrogen) atoms. The Kier molecular flexibility index (Phi) is 6.71. The van der Waals surface area contributed by atoms with Crippen LogP contribution < -0.4 is 15.8 Å². The number of aromatic nitrogens is 1. The van der Waals surface area contributed by atoms with Crippen molar-refractivity contribution in [1.82, 2.24) is 20.7 Å². The van der Waals surface area contributed by atoms with Gasteiger partial charge in [-0.2, -0.15) is 0 Å². The number of carbonyl (C=O) groups is 3. The Morgan fingerprint density at radius 2 is 1.72 bits per heavy atom. The topological polar surface area (TPSA) is 104 Å². The fourth-order valence-electron chi connectivity index (χ4n) is 4.17. The lowest BCUT2D eigenvalue weighted by molar-refractivity contribution is -0.135. The van der Waals surface area contributed by atoms with Gasteiger partial charge in [-0.1, -0.05) is 30.3 Å². The molecular formula is C22H27N5O4S. The summed E-state index contributed by atoms with van der Waals surface area (Å²) < 4.78 is 5.35. The molecule has 3 heterocycles. The Hall–Kier alpha value is -2.98. The van der Waals surface area contributed by atoms with Gasteiger partial charge in [-0.15, -0.1) is 11.3 Å². The van der Waals surface area contributed by atoms with Crippen molar-refractivity contribution in [2.24, 2.45) is 0 Å². The van der Waals surface area contributed by atoms with Gasteiger partial charge >= 0.3 is 0 Å². The number of nitrogens with one attached hydrogen (secondary N) is 2. The summed E-state index contributed by atoms with van der Waals surface area (Å²) >= 11 is 1.39. The molecule has 10 heteroatoms. The SMILES string of the molecule is CC(=O)N1CCC(C(=O)NNC(=O)c2csc(N3CCOCC3)n2)(c2ccccc2)CC1. The number of piperidine rings is 1. The van der Waals surface area contributed by atoms with Crippen molar-refractivity contribution in [1.29, 1.82) is 0 Å². The molecule has 1 aromatic carbocycles. The lowest BCUT2D eigenvalue weighted by Crippen LogP contribution is -2.56. The molecule has 2 aliphatic rings. The van der Waals surface area contributed by atoms with E-state index in [4.69, 9.17) is 4.74 Å². The highest BCUT2D eigenvalue weighted by atomic mass is 32.1. The van der Waals surface area contributed by atoms with Gasteiger partial charge < -0.3 is 14.5 Å². The molecule has 0 radical (unpaired) electrons. The molecule has 2 aliphatic heterocycles. The Balaban J connectivity index is 1.43. The molecule has 9 nitrogen and oxygen atoms in total. The van der Waals surface area contributed by atoms with Crippen LogP contribution in [-0.4, -0.2) is 67.0 Å². The van der Waals surface area contributed by atoms with Crippen molar-refractivity contribution in [3.63, 3.8) is 0 Å². The first-order valence-electron chi connectivity index (χ1n) is 10.7. The highest BCUT2D eigenvalue weighted by Gasteiger charge is 2.43. The molecule has 1 aromatic heterocycles. The summed E-state index contributed by atoms with van der Waals surface area (Å²) in [5.74, 6) is -0.748. The number of likely N-dealkylation sites (tertiary alicyclic amines) is 1. The lowest BCUT2D eigenvalue weighted by atomic mass is 9.72. The third-order valence-electron chi connectivity index (χ3n) is 6.12. The van der Waals surface area contributed by atoms with E-state index in [1.54, 1.807) is 10.3 Å². The van der Waals surface area contributed by atoms with E-state index in [0.717, 1.165) is 23.8 Å². The zero-order valence-electron chi connectivity index (χ0n) is 18.0. The molecule has 2 N–H and O–H groups in total. The maximum Gasteiger partial charge on any atom is 0.289 e. The molecule has 0 unspecified atom stereocenters. The fraction of sp³-hybridized carbons (Fsp3) is 0.455. The fourth-order valence-corrected chi connectivity index (χ4v) is 5.03. The largest absolute Gasteiger partial charge is 0.378 e. The van der Waals surface area contributed by atoms with E-state index in [-0.39, 0.29) is 17.5 Å². The van der Waals surface area contributed by atoms with Gasteiger partial charge in [-0.05, 0) is 18.4 Å². The minimum Gasteiger partial charge on any atom is -0.378 e. The number of hydrogen-bond acceptors (Lipinski definition) is 7. The lowest BCUT2D eigenvalue weighted by Gasteiger charge is -2.40. The predicted octanol–water partition coefficient (Wildman–Crippen LogP) is 1.32. The summed E-state index contributed by atoms with van der Waals surface area (Å²) in [7, 11) is 0. The number of hydrogen-bond donors (Lipinski definition) is 2. The van der Waals surface area contributed by atoms with Crippen molar-refractivity contribution >= 4 is 34.2 Å². The number of thiazole rings is 1. The molecule has 0 spiro atoms. The van der Waals surface area contributed by atoms with Crippen LogP contribution in [0.4, 0.5) is 5.13 Å². The number of nitrogens with zero attached hydrogens (tertiary/aromatic N) is 3. The van der Waals surface area contributed by atoms with Gasteiger partial charge in [0.25, 0.3) is 5.91 Å². The molecule has 0 saturated carbocycles. The minimum absolute atomic E-state index is 0.0000213. The second-order valence-corrected chi connectivity index (χ2v) is 8.81. The van der Waals surface area contributed by atoms with Crippen molar-refractivity contribution < 1.29 is 19.1 Å². The van der Waals surface area contributed by atoms with Gasteiger partial charge in [-0.25, -0.2) is 4.98 Å². The van der Waals surface area contributed by atoms with E-state index >= 15 is 0 Å². The predicted molar refractivity (Wildman–Crippen MR) is 120 cm³/mol. The van der Waals surface area contributed by atoms with E-state index in [9.17, 15) is 14.4 Å². The van der Waals surface area contributed by atoms with E-state index < -0.39 is 11.3 Å². The van der Waals surface area contributed by atoms with Crippen molar-refractivity contribution in [3.8, 4) is 0 Å². The maximum atomic E-state index is 13.3. The second kappa shape index (κ2) is 9.66. The Morgan fingerprint density at radius 3 is 2.38 bits per heavy atom. The molecule has 2 fully saturated rings. The molecule has 2 saturated heterocycles. The summed E-state index contributed by atoms with van der Waals surface area (Å²) in [5.41, 5.74) is 5.45. The van der Waals surface area contributed by atoms with E-state index in [1.807, 2.05) is 30.3 Å². The average Bonchev–Trinajstić information content (AvgIpc) is 3.34. The monoisotopic (exact) mass is 457 g/mol. The van der Waals surface area contributed by atoms with Crippen LogP contribution in [0.25, 0.3) is 0 Å². The van der Waals surface area contributed by atoms with Gasteiger partial charge in [0, 0.05) is 38.5 Å². The normalized spacial score (nSPS) is 18.2. The first-order chi connectivity index (χ1) is 15.5. The van der Waals surface area contributed by atoms with Gasteiger partial charge in [0.05, 0.1) is 18.6 Å². The third-order valence-corrected chi connectivity index (χ3v) is 7.02. The molecule has 0 bridgehead atoms.